The third-order valence-electron chi connectivity index (χ3n) is 1.53. The van der Waals surface area contributed by atoms with Crippen molar-refractivity contribution in [3.63, 3.8) is 0 Å². The lowest BCUT2D eigenvalue weighted by Crippen LogP contribution is -1.87. The first-order valence-electron chi connectivity index (χ1n) is 3.98. The smallest absolute Gasteiger partial charge is 0.328 e. The molecule has 1 heterocycles. The van der Waals surface area contributed by atoms with E-state index in [0.717, 1.165) is 12.2 Å². The predicted molar refractivity (Wildman–Crippen MR) is 57.7 cm³/mol. The molecule has 0 aliphatic rings. The lowest BCUT2D eigenvalue weighted by molar-refractivity contribution is -0.132. The average Bonchev–Trinajstić information content (AvgIpc) is 2.58. The van der Waals surface area contributed by atoms with Gasteiger partial charge in [0.25, 0.3) is 0 Å². The summed E-state index contributed by atoms with van der Waals surface area (Å²) in [5.74, 6) is -2.07. The SMILES string of the molecule is O=C(O)/C=C/c1cscc1/C=C/C(=O)O. The van der Waals surface area contributed by atoms with Gasteiger partial charge in [-0.25, -0.2) is 9.59 Å². The summed E-state index contributed by atoms with van der Waals surface area (Å²) in [7, 11) is 0. The number of carboxylic acid groups (broad SMARTS) is 2. The third kappa shape index (κ3) is 3.78. The zero-order valence-electron chi connectivity index (χ0n) is 7.58. The van der Waals surface area contributed by atoms with Crippen molar-refractivity contribution in [3.05, 3.63) is 34.0 Å². The molecule has 2 N–H and O–H groups in total. The van der Waals surface area contributed by atoms with Crippen LogP contribution in [-0.2, 0) is 9.59 Å². The molecule has 78 valence electrons. The van der Waals surface area contributed by atoms with Crippen LogP contribution in [0.2, 0.25) is 0 Å². The summed E-state index contributed by atoms with van der Waals surface area (Å²) in [5.41, 5.74) is 1.39. The third-order valence-corrected chi connectivity index (χ3v) is 2.31. The van der Waals surface area contributed by atoms with Gasteiger partial charge >= 0.3 is 11.9 Å². The molecule has 4 nitrogen and oxygen atoms in total. The molecule has 0 amide bonds. The standard InChI is InChI=1S/C10H8O4S/c11-9(12)3-1-7-5-15-6-8(7)2-4-10(13)14/h1-6H,(H,11,12)(H,13,14)/b3-1+,4-2+. The highest BCUT2D eigenvalue weighted by atomic mass is 32.1. The molecule has 0 saturated carbocycles. The van der Waals surface area contributed by atoms with Crippen molar-refractivity contribution < 1.29 is 19.8 Å². The number of hydrogen-bond donors (Lipinski definition) is 2. The Morgan fingerprint density at radius 3 is 1.73 bits per heavy atom. The molecule has 5 heteroatoms. The van der Waals surface area contributed by atoms with Crippen molar-refractivity contribution in [1.82, 2.24) is 0 Å². The summed E-state index contributed by atoms with van der Waals surface area (Å²) >= 11 is 1.38. The molecule has 0 spiro atoms. The van der Waals surface area contributed by atoms with E-state index in [4.69, 9.17) is 10.2 Å². The van der Waals surface area contributed by atoms with Gasteiger partial charge in [-0.15, -0.1) is 0 Å². The molecule has 0 bridgehead atoms. The maximum Gasteiger partial charge on any atom is 0.328 e. The van der Waals surface area contributed by atoms with Crippen LogP contribution in [-0.4, -0.2) is 22.2 Å². The van der Waals surface area contributed by atoms with Gasteiger partial charge in [0.2, 0.25) is 0 Å². The van der Waals surface area contributed by atoms with E-state index < -0.39 is 11.9 Å². The van der Waals surface area contributed by atoms with Gasteiger partial charge in [-0.1, -0.05) is 0 Å². The van der Waals surface area contributed by atoms with Crippen molar-refractivity contribution in [2.45, 2.75) is 0 Å². The first kappa shape index (κ1) is 11.2. The van der Waals surface area contributed by atoms with Gasteiger partial charge in [-0.3, -0.25) is 0 Å². The summed E-state index contributed by atoms with van der Waals surface area (Å²) in [4.78, 5) is 20.6. The molecule has 1 aromatic rings. The van der Waals surface area contributed by atoms with Crippen molar-refractivity contribution in [2.75, 3.05) is 0 Å². The van der Waals surface area contributed by atoms with Crippen LogP contribution in [0.4, 0.5) is 0 Å². The molecule has 0 aliphatic carbocycles. The highest BCUT2D eigenvalue weighted by Crippen LogP contribution is 2.18. The molecular weight excluding hydrogens is 216 g/mol. The highest BCUT2D eigenvalue weighted by molar-refractivity contribution is 7.08. The number of hydrogen-bond acceptors (Lipinski definition) is 3. The molecule has 1 aromatic heterocycles. The monoisotopic (exact) mass is 224 g/mol. The maximum absolute atomic E-state index is 10.3. The van der Waals surface area contributed by atoms with Crippen molar-refractivity contribution >= 4 is 35.4 Å². The Morgan fingerprint density at radius 1 is 1.00 bits per heavy atom. The number of rotatable bonds is 4. The second-order valence-corrected chi connectivity index (χ2v) is 3.37. The average molecular weight is 224 g/mol. The van der Waals surface area contributed by atoms with Crippen LogP contribution in [0.3, 0.4) is 0 Å². The molecule has 0 saturated heterocycles. The fourth-order valence-corrected chi connectivity index (χ4v) is 1.70. The zero-order valence-corrected chi connectivity index (χ0v) is 8.40. The molecule has 0 aromatic carbocycles. The second kappa shape index (κ2) is 5.11. The molecule has 1 rings (SSSR count). The summed E-state index contributed by atoms with van der Waals surface area (Å²) in [6, 6.07) is 0. The van der Waals surface area contributed by atoms with E-state index >= 15 is 0 Å². The van der Waals surface area contributed by atoms with Crippen LogP contribution in [0, 0.1) is 0 Å². The van der Waals surface area contributed by atoms with Crippen LogP contribution in [0.15, 0.2) is 22.9 Å². The van der Waals surface area contributed by atoms with E-state index in [1.807, 2.05) is 0 Å². The predicted octanol–water partition coefficient (Wildman–Crippen LogP) is 1.94. The first-order chi connectivity index (χ1) is 7.09. The summed E-state index contributed by atoms with van der Waals surface area (Å²) in [6.45, 7) is 0. The Bertz CT molecular complexity index is 390. The van der Waals surface area contributed by atoms with E-state index in [0.29, 0.717) is 11.1 Å². The normalized spacial score (nSPS) is 11.2. The van der Waals surface area contributed by atoms with Crippen molar-refractivity contribution in [1.29, 1.82) is 0 Å². The van der Waals surface area contributed by atoms with Gasteiger partial charge in [0.15, 0.2) is 0 Å². The Labute approximate surface area is 89.8 Å². The molecule has 0 fully saturated rings. The Balaban J connectivity index is 2.87. The second-order valence-electron chi connectivity index (χ2n) is 2.63. The fraction of sp³-hybridized carbons (Fsp3) is 0. The zero-order chi connectivity index (χ0) is 11.3. The minimum Gasteiger partial charge on any atom is -0.478 e. The summed E-state index contributed by atoms with van der Waals surface area (Å²) in [5, 5.41) is 20.4. The summed E-state index contributed by atoms with van der Waals surface area (Å²) in [6.07, 6.45) is 4.89. The van der Waals surface area contributed by atoms with Gasteiger partial charge < -0.3 is 10.2 Å². The number of aliphatic carboxylic acids is 2. The largest absolute Gasteiger partial charge is 0.478 e. The number of carbonyl (C=O) groups is 2. The minimum atomic E-state index is -1.03. The van der Waals surface area contributed by atoms with Crippen LogP contribution >= 0.6 is 11.3 Å². The van der Waals surface area contributed by atoms with E-state index in [1.165, 1.54) is 23.5 Å². The van der Waals surface area contributed by atoms with Gasteiger partial charge in [0.05, 0.1) is 0 Å². The maximum atomic E-state index is 10.3. The molecule has 0 atom stereocenters. The van der Waals surface area contributed by atoms with Gasteiger partial charge in [0, 0.05) is 12.2 Å². The van der Waals surface area contributed by atoms with E-state index in [-0.39, 0.29) is 0 Å². The van der Waals surface area contributed by atoms with E-state index in [1.54, 1.807) is 10.8 Å². The van der Waals surface area contributed by atoms with Crippen LogP contribution in [0.1, 0.15) is 11.1 Å². The van der Waals surface area contributed by atoms with E-state index in [2.05, 4.69) is 0 Å². The lowest BCUT2D eigenvalue weighted by atomic mass is 10.2. The summed E-state index contributed by atoms with van der Waals surface area (Å²) < 4.78 is 0. The minimum absolute atomic E-state index is 0.694. The Morgan fingerprint density at radius 2 is 1.40 bits per heavy atom. The van der Waals surface area contributed by atoms with Crippen molar-refractivity contribution in [2.24, 2.45) is 0 Å². The van der Waals surface area contributed by atoms with Gasteiger partial charge in [-0.05, 0) is 34.0 Å². The molecular formula is C10H8O4S. The molecule has 15 heavy (non-hydrogen) atoms. The molecule has 0 unspecified atom stereocenters. The van der Waals surface area contributed by atoms with Crippen LogP contribution in [0.5, 0.6) is 0 Å². The fourth-order valence-electron chi connectivity index (χ4n) is 0.910. The van der Waals surface area contributed by atoms with E-state index in [9.17, 15) is 9.59 Å². The van der Waals surface area contributed by atoms with Gasteiger partial charge in [-0.2, -0.15) is 11.3 Å². The van der Waals surface area contributed by atoms with Crippen LogP contribution in [0.25, 0.3) is 12.2 Å². The topological polar surface area (TPSA) is 74.6 Å². The lowest BCUT2D eigenvalue weighted by Gasteiger charge is -1.89. The highest BCUT2D eigenvalue weighted by Gasteiger charge is 1.98. The molecule has 0 radical (unpaired) electrons. The van der Waals surface area contributed by atoms with Gasteiger partial charge in [0.1, 0.15) is 0 Å². The van der Waals surface area contributed by atoms with Crippen LogP contribution < -0.4 is 0 Å². The quantitative estimate of drug-likeness (QED) is 0.766. The Hall–Kier alpha value is -1.88. The van der Waals surface area contributed by atoms with Crippen molar-refractivity contribution in [3.8, 4) is 0 Å². The number of carboxylic acids is 2. The molecule has 0 aliphatic heterocycles. The number of thiophene rings is 1. The Kier molecular flexibility index (Phi) is 3.82. The first-order valence-corrected chi connectivity index (χ1v) is 4.92.